The molecule has 1 aromatic rings. The van der Waals surface area contributed by atoms with Crippen molar-refractivity contribution in [2.24, 2.45) is 5.92 Å². The highest BCUT2D eigenvalue weighted by Gasteiger charge is 2.33. The van der Waals surface area contributed by atoms with Crippen molar-refractivity contribution in [2.45, 2.75) is 38.3 Å². The topological polar surface area (TPSA) is 70.8 Å². The van der Waals surface area contributed by atoms with Gasteiger partial charge in [-0.05, 0) is 44.4 Å². The van der Waals surface area contributed by atoms with Crippen LogP contribution in [0, 0.1) is 5.92 Å². The van der Waals surface area contributed by atoms with Crippen LogP contribution in [0.3, 0.4) is 0 Å². The Bertz CT molecular complexity index is 642. The van der Waals surface area contributed by atoms with Gasteiger partial charge in [0, 0.05) is 19.6 Å². The molecule has 3 heterocycles. The molecule has 1 atom stereocenters. The van der Waals surface area contributed by atoms with E-state index in [9.17, 15) is 13.2 Å². The molecule has 1 amide bonds. The third-order valence-electron chi connectivity index (χ3n) is 5.23. The summed E-state index contributed by atoms with van der Waals surface area (Å²) in [5.41, 5.74) is 0. The Balaban J connectivity index is 1.55. The molecule has 7 heteroatoms. The standard InChI is InChI=1S/C17H26N2O4S/c1-18(15-6-10-24(21,22)11-7-15)17(20)14-4-2-8-19(12-14)13-16-5-3-9-23-16/h3,5,9,14-15H,2,4,6-8,10-13H2,1H3. The van der Waals surface area contributed by atoms with Gasteiger partial charge in [-0.15, -0.1) is 0 Å². The van der Waals surface area contributed by atoms with Crippen molar-refractivity contribution in [1.82, 2.24) is 9.80 Å². The number of hydrogen-bond acceptors (Lipinski definition) is 5. The number of carbonyl (C=O) groups excluding carboxylic acids is 1. The van der Waals surface area contributed by atoms with Crippen LogP contribution in [-0.2, 0) is 21.2 Å². The summed E-state index contributed by atoms with van der Waals surface area (Å²) in [4.78, 5) is 16.9. The summed E-state index contributed by atoms with van der Waals surface area (Å²) in [7, 11) is -1.06. The first-order valence-electron chi connectivity index (χ1n) is 8.66. The predicted molar refractivity (Wildman–Crippen MR) is 91.2 cm³/mol. The molecule has 134 valence electrons. The van der Waals surface area contributed by atoms with Crippen molar-refractivity contribution in [2.75, 3.05) is 31.6 Å². The Morgan fingerprint density at radius 1 is 1.33 bits per heavy atom. The molecule has 0 saturated carbocycles. The van der Waals surface area contributed by atoms with Crippen LogP contribution in [0.15, 0.2) is 22.8 Å². The molecule has 3 rings (SSSR count). The van der Waals surface area contributed by atoms with E-state index in [-0.39, 0.29) is 29.4 Å². The highest BCUT2D eigenvalue weighted by Crippen LogP contribution is 2.24. The molecule has 0 aliphatic carbocycles. The second-order valence-corrected chi connectivity index (χ2v) is 9.29. The maximum absolute atomic E-state index is 12.8. The van der Waals surface area contributed by atoms with Crippen molar-refractivity contribution in [1.29, 1.82) is 0 Å². The fraction of sp³-hybridized carbons (Fsp3) is 0.706. The van der Waals surface area contributed by atoms with E-state index in [1.54, 1.807) is 11.2 Å². The number of carbonyl (C=O) groups is 1. The van der Waals surface area contributed by atoms with Gasteiger partial charge in [-0.25, -0.2) is 8.42 Å². The van der Waals surface area contributed by atoms with E-state index in [0.29, 0.717) is 12.8 Å². The molecule has 0 spiro atoms. The summed E-state index contributed by atoms with van der Waals surface area (Å²) < 4.78 is 28.5. The maximum Gasteiger partial charge on any atom is 0.226 e. The minimum Gasteiger partial charge on any atom is -0.468 e. The number of amides is 1. The average molecular weight is 354 g/mol. The van der Waals surface area contributed by atoms with Gasteiger partial charge in [0.1, 0.15) is 15.6 Å². The molecular weight excluding hydrogens is 328 g/mol. The zero-order valence-corrected chi connectivity index (χ0v) is 15.0. The highest BCUT2D eigenvalue weighted by molar-refractivity contribution is 7.91. The quantitative estimate of drug-likeness (QED) is 0.820. The zero-order valence-electron chi connectivity index (χ0n) is 14.2. The Labute approximate surface area is 143 Å². The largest absolute Gasteiger partial charge is 0.468 e. The first-order valence-corrected chi connectivity index (χ1v) is 10.5. The average Bonchev–Trinajstić information content (AvgIpc) is 3.07. The summed E-state index contributed by atoms with van der Waals surface area (Å²) in [5.74, 6) is 1.48. The first kappa shape index (κ1) is 17.5. The van der Waals surface area contributed by atoms with Crippen LogP contribution in [0.5, 0.6) is 0 Å². The third-order valence-corrected chi connectivity index (χ3v) is 6.95. The van der Waals surface area contributed by atoms with Gasteiger partial charge in [-0.3, -0.25) is 9.69 Å². The van der Waals surface area contributed by atoms with Crippen LogP contribution in [0.2, 0.25) is 0 Å². The molecule has 0 radical (unpaired) electrons. The molecule has 24 heavy (non-hydrogen) atoms. The van der Waals surface area contributed by atoms with Gasteiger partial charge in [0.15, 0.2) is 0 Å². The van der Waals surface area contributed by atoms with Crippen molar-refractivity contribution in [3.63, 3.8) is 0 Å². The van der Waals surface area contributed by atoms with Crippen LogP contribution >= 0.6 is 0 Å². The minimum atomic E-state index is -2.89. The minimum absolute atomic E-state index is 0.00255. The van der Waals surface area contributed by atoms with Gasteiger partial charge in [-0.2, -0.15) is 0 Å². The number of sulfone groups is 1. The van der Waals surface area contributed by atoms with Gasteiger partial charge in [0.2, 0.25) is 5.91 Å². The van der Waals surface area contributed by atoms with E-state index in [1.807, 2.05) is 19.2 Å². The van der Waals surface area contributed by atoms with Gasteiger partial charge in [0.25, 0.3) is 0 Å². The van der Waals surface area contributed by atoms with E-state index in [2.05, 4.69) is 4.90 Å². The molecule has 2 saturated heterocycles. The first-order chi connectivity index (χ1) is 11.4. The normalized spacial score (nSPS) is 25.5. The predicted octanol–water partition coefficient (Wildman–Crippen LogP) is 1.53. The van der Waals surface area contributed by atoms with E-state index in [4.69, 9.17) is 4.42 Å². The van der Waals surface area contributed by atoms with Crippen LogP contribution < -0.4 is 0 Å². The van der Waals surface area contributed by atoms with Crippen LogP contribution in [0.4, 0.5) is 0 Å². The number of piperidine rings is 1. The lowest BCUT2D eigenvalue weighted by Crippen LogP contribution is -2.48. The Morgan fingerprint density at radius 2 is 2.08 bits per heavy atom. The molecule has 2 fully saturated rings. The van der Waals surface area contributed by atoms with E-state index < -0.39 is 9.84 Å². The SMILES string of the molecule is CN(C(=O)C1CCCN(Cc2ccco2)C1)C1CCS(=O)(=O)CC1. The molecule has 0 bridgehead atoms. The molecular formula is C17H26N2O4S. The van der Waals surface area contributed by atoms with E-state index in [1.165, 1.54) is 0 Å². The second-order valence-electron chi connectivity index (χ2n) is 6.99. The number of likely N-dealkylation sites (tertiary alicyclic amines) is 1. The van der Waals surface area contributed by atoms with Crippen LogP contribution in [-0.4, -0.2) is 61.8 Å². The summed E-state index contributed by atoms with van der Waals surface area (Å²) in [6.45, 7) is 2.47. The van der Waals surface area contributed by atoms with Crippen molar-refractivity contribution in [3.05, 3.63) is 24.2 Å². The Hall–Kier alpha value is -1.34. The molecule has 2 aliphatic heterocycles. The lowest BCUT2D eigenvalue weighted by atomic mass is 9.95. The van der Waals surface area contributed by atoms with Crippen molar-refractivity contribution < 1.29 is 17.6 Å². The number of furan rings is 1. The molecule has 2 aliphatic rings. The molecule has 0 aromatic carbocycles. The molecule has 6 nitrogen and oxygen atoms in total. The summed E-state index contributed by atoms with van der Waals surface area (Å²) in [5, 5.41) is 0. The van der Waals surface area contributed by atoms with Gasteiger partial charge < -0.3 is 9.32 Å². The fourth-order valence-electron chi connectivity index (χ4n) is 3.76. The van der Waals surface area contributed by atoms with Gasteiger partial charge >= 0.3 is 0 Å². The monoisotopic (exact) mass is 354 g/mol. The highest BCUT2D eigenvalue weighted by atomic mass is 32.2. The van der Waals surface area contributed by atoms with Gasteiger partial charge in [-0.1, -0.05) is 0 Å². The van der Waals surface area contributed by atoms with Crippen molar-refractivity contribution in [3.8, 4) is 0 Å². The summed E-state index contributed by atoms with van der Waals surface area (Å²) >= 11 is 0. The lowest BCUT2D eigenvalue weighted by molar-refractivity contribution is -0.138. The Kier molecular flexibility index (Phi) is 5.30. The molecule has 1 aromatic heterocycles. The lowest BCUT2D eigenvalue weighted by Gasteiger charge is -2.37. The zero-order chi connectivity index (χ0) is 17.2. The van der Waals surface area contributed by atoms with Crippen LogP contribution in [0.1, 0.15) is 31.4 Å². The molecule has 1 unspecified atom stereocenters. The number of rotatable bonds is 4. The van der Waals surface area contributed by atoms with Crippen molar-refractivity contribution >= 4 is 15.7 Å². The summed E-state index contributed by atoms with van der Waals surface area (Å²) in [6, 6.07) is 3.90. The van der Waals surface area contributed by atoms with E-state index >= 15 is 0 Å². The summed E-state index contributed by atoms with van der Waals surface area (Å²) in [6.07, 6.45) is 4.71. The fourth-order valence-corrected chi connectivity index (χ4v) is 5.22. The third kappa shape index (κ3) is 4.19. The second kappa shape index (κ2) is 7.27. The molecule has 0 N–H and O–H groups in total. The van der Waals surface area contributed by atoms with E-state index in [0.717, 1.165) is 38.2 Å². The Morgan fingerprint density at radius 3 is 2.75 bits per heavy atom. The number of nitrogens with zero attached hydrogens (tertiary/aromatic N) is 2. The van der Waals surface area contributed by atoms with Crippen LogP contribution in [0.25, 0.3) is 0 Å². The maximum atomic E-state index is 12.8. The van der Waals surface area contributed by atoms with Gasteiger partial charge in [0.05, 0.1) is 30.2 Å². The number of hydrogen-bond donors (Lipinski definition) is 0. The smallest absolute Gasteiger partial charge is 0.226 e.